The lowest BCUT2D eigenvalue weighted by atomic mass is 9.94. The van der Waals surface area contributed by atoms with Crippen LogP contribution >= 0.6 is 24.0 Å². The quantitative estimate of drug-likeness (QED) is 0.244. The van der Waals surface area contributed by atoms with E-state index in [9.17, 15) is 0 Å². The molecule has 6 heteroatoms. The van der Waals surface area contributed by atoms with Gasteiger partial charge in [-0.15, -0.1) is 6.58 Å². The molecule has 0 N–H and O–H groups in total. The first kappa shape index (κ1) is 18.5. The molecule has 0 spiro atoms. The van der Waals surface area contributed by atoms with Crippen LogP contribution in [0.2, 0.25) is 0 Å². The smallest absolute Gasteiger partial charge is 0.232 e. The van der Waals surface area contributed by atoms with Gasteiger partial charge in [-0.1, -0.05) is 60.4 Å². The SMILES string of the molecule is C=CCSc1nc2oc3c(c2c(=S)n1Cc1ccccc1)CC(C)(C)OC3. The van der Waals surface area contributed by atoms with Crippen molar-refractivity contribution < 1.29 is 9.15 Å². The number of thioether (sulfide) groups is 1. The maximum Gasteiger partial charge on any atom is 0.232 e. The van der Waals surface area contributed by atoms with E-state index in [2.05, 4.69) is 37.1 Å². The van der Waals surface area contributed by atoms with Crippen molar-refractivity contribution in [3.05, 3.63) is 64.5 Å². The third-order valence-electron chi connectivity index (χ3n) is 4.67. The van der Waals surface area contributed by atoms with Gasteiger partial charge in [0.05, 0.1) is 17.5 Å². The van der Waals surface area contributed by atoms with E-state index in [-0.39, 0.29) is 5.60 Å². The van der Waals surface area contributed by atoms with Gasteiger partial charge in [-0.25, -0.2) is 0 Å². The largest absolute Gasteiger partial charge is 0.440 e. The fraction of sp³-hybridized carbons (Fsp3) is 0.333. The number of aromatic nitrogens is 2. The third-order valence-corrected chi connectivity index (χ3v) is 6.07. The molecular weight excluding hydrogens is 376 g/mol. The average Bonchev–Trinajstić information content (AvgIpc) is 3.00. The summed E-state index contributed by atoms with van der Waals surface area (Å²) in [5.41, 5.74) is 2.71. The Morgan fingerprint density at radius 2 is 2.11 bits per heavy atom. The van der Waals surface area contributed by atoms with Crippen molar-refractivity contribution in [2.24, 2.45) is 0 Å². The molecule has 1 aliphatic heterocycles. The molecule has 0 saturated heterocycles. The van der Waals surface area contributed by atoms with Crippen LogP contribution in [0.3, 0.4) is 0 Å². The molecular formula is C21H22N2O2S2. The first-order valence-electron chi connectivity index (χ1n) is 8.95. The molecule has 0 saturated carbocycles. The van der Waals surface area contributed by atoms with Crippen molar-refractivity contribution in [3.8, 4) is 0 Å². The lowest BCUT2D eigenvalue weighted by Crippen LogP contribution is -2.31. The number of ether oxygens (including phenoxy) is 1. The summed E-state index contributed by atoms with van der Waals surface area (Å²) in [5.74, 6) is 1.61. The predicted octanol–water partition coefficient (Wildman–Crippen LogP) is 5.54. The lowest BCUT2D eigenvalue weighted by molar-refractivity contribution is -0.0476. The van der Waals surface area contributed by atoms with Crippen LogP contribution in [0.5, 0.6) is 0 Å². The van der Waals surface area contributed by atoms with E-state index in [1.807, 2.05) is 24.3 Å². The molecule has 0 atom stereocenters. The van der Waals surface area contributed by atoms with E-state index < -0.39 is 0 Å². The summed E-state index contributed by atoms with van der Waals surface area (Å²) in [6, 6.07) is 10.3. The zero-order chi connectivity index (χ0) is 19.0. The van der Waals surface area contributed by atoms with Crippen LogP contribution in [0.1, 0.15) is 30.7 Å². The molecule has 3 aromatic rings. The van der Waals surface area contributed by atoms with E-state index in [0.717, 1.165) is 38.7 Å². The lowest BCUT2D eigenvalue weighted by Gasteiger charge is -2.29. The molecule has 4 rings (SSSR count). The summed E-state index contributed by atoms with van der Waals surface area (Å²) in [4.78, 5) is 4.81. The molecule has 0 radical (unpaired) electrons. The zero-order valence-corrected chi connectivity index (χ0v) is 17.2. The second-order valence-electron chi connectivity index (χ2n) is 7.28. The van der Waals surface area contributed by atoms with Crippen LogP contribution in [-0.2, 0) is 24.3 Å². The van der Waals surface area contributed by atoms with E-state index in [0.29, 0.717) is 18.9 Å². The number of hydrogen-bond acceptors (Lipinski definition) is 5. The number of nitrogens with zero attached hydrogens (tertiary/aromatic N) is 2. The molecule has 0 amide bonds. The molecule has 0 aliphatic carbocycles. The molecule has 1 aliphatic rings. The number of hydrogen-bond donors (Lipinski definition) is 0. The Labute approximate surface area is 168 Å². The Balaban J connectivity index is 1.89. The second-order valence-corrected chi connectivity index (χ2v) is 8.65. The van der Waals surface area contributed by atoms with Gasteiger partial charge in [-0.05, 0) is 19.4 Å². The summed E-state index contributed by atoms with van der Waals surface area (Å²) in [7, 11) is 0. The van der Waals surface area contributed by atoms with Crippen LogP contribution in [-0.4, -0.2) is 20.9 Å². The molecule has 0 bridgehead atoms. The fourth-order valence-corrected chi connectivity index (χ4v) is 4.50. The van der Waals surface area contributed by atoms with Crippen molar-refractivity contribution >= 4 is 35.1 Å². The van der Waals surface area contributed by atoms with Crippen molar-refractivity contribution in [1.82, 2.24) is 9.55 Å². The standard InChI is InChI=1S/C21H22N2O2S2/c1-4-10-27-20-22-18-17(15-11-21(2,3)24-13-16(15)25-18)19(26)23(20)12-14-8-6-5-7-9-14/h4-9H,1,10-13H2,2-3H3. The van der Waals surface area contributed by atoms with Crippen LogP contribution in [0, 0.1) is 4.64 Å². The minimum atomic E-state index is -0.230. The van der Waals surface area contributed by atoms with Crippen LogP contribution in [0.15, 0.2) is 52.6 Å². The first-order chi connectivity index (χ1) is 13.0. The molecule has 3 heterocycles. The molecule has 4 nitrogen and oxygen atoms in total. The number of benzene rings is 1. The van der Waals surface area contributed by atoms with Crippen LogP contribution in [0.4, 0.5) is 0 Å². The van der Waals surface area contributed by atoms with Crippen molar-refractivity contribution in [3.63, 3.8) is 0 Å². The van der Waals surface area contributed by atoms with E-state index >= 15 is 0 Å². The van der Waals surface area contributed by atoms with Crippen LogP contribution in [0.25, 0.3) is 11.1 Å². The number of furan rings is 1. The highest BCUT2D eigenvalue weighted by atomic mass is 32.2. The normalized spacial score (nSPS) is 15.6. The maximum atomic E-state index is 6.04. The molecule has 1 aromatic carbocycles. The average molecular weight is 399 g/mol. The second kappa shape index (κ2) is 7.26. The van der Waals surface area contributed by atoms with E-state index in [4.69, 9.17) is 26.4 Å². The summed E-state index contributed by atoms with van der Waals surface area (Å²) < 4.78 is 14.8. The Kier molecular flexibility index (Phi) is 4.97. The molecule has 0 unspecified atom stereocenters. The Hall–Kier alpha value is -1.89. The molecule has 2 aromatic heterocycles. The molecule has 0 fully saturated rings. The molecule has 27 heavy (non-hydrogen) atoms. The molecule has 140 valence electrons. The number of rotatable bonds is 5. The van der Waals surface area contributed by atoms with Gasteiger partial charge < -0.3 is 13.7 Å². The summed E-state index contributed by atoms with van der Waals surface area (Å²) >= 11 is 7.54. The summed E-state index contributed by atoms with van der Waals surface area (Å²) in [6.45, 7) is 9.15. The monoisotopic (exact) mass is 398 g/mol. The van der Waals surface area contributed by atoms with E-state index in [1.54, 1.807) is 11.8 Å². The van der Waals surface area contributed by atoms with Crippen molar-refractivity contribution in [2.45, 2.75) is 44.2 Å². The van der Waals surface area contributed by atoms with Gasteiger partial charge in [0.2, 0.25) is 5.71 Å². The highest BCUT2D eigenvalue weighted by molar-refractivity contribution is 7.99. The Morgan fingerprint density at radius 3 is 2.85 bits per heavy atom. The van der Waals surface area contributed by atoms with Gasteiger partial charge in [-0.3, -0.25) is 0 Å². The first-order valence-corrected chi connectivity index (χ1v) is 10.3. The van der Waals surface area contributed by atoms with Gasteiger partial charge >= 0.3 is 0 Å². The van der Waals surface area contributed by atoms with E-state index in [1.165, 1.54) is 5.56 Å². The van der Waals surface area contributed by atoms with Crippen LogP contribution < -0.4 is 0 Å². The maximum absolute atomic E-state index is 6.04. The fourth-order valence-electron chi connectivity index (χ4n) is 3.36. The van der Waals surface area contributed by atoms with Gasteiger partial charge in [0.1, 0.15) is 17.0 Å². The topological polar surface area (TPSA) is 40.2 Å². The van der Waals surface area contributed by atoms with Gasteiger partial charge in [0, 0.05) is 17.7 Å². The zero-order valence-electron chi connectivity index (χ0n) is 15.5. The third kappa shape index (κ3) is 3.61. The minimum Gasteiger partial charge on any atom is -0.440 e. The Bertz CT molecular complexity index is 1050. The van der Waals surface area contributed by atoms with Crippen molar-refractivity contribution in [1.29, 1.82) is 0 Å². The highest BCUT2D eigenvalue weighted by Gasteiger charge is 2.32. The number of fused-ring (bicyclic) bond motifs is 3. The Morgan fingerprint density at radius 1 is 1.33 bits per heavy atom. The highest BCUT2D eigenvalue weighted by Crippen LogP contribution is 2.36. The van der Waals surface area contributed by atoms with Gasteiger partial charge in [-0.2, -0.15) is 4.98 Å². The summed E-state index contributed by atoms with van der Waals surface area (Å²) in [6.07, 6.45) is 2.64. The predicted molar refractivity (Wildman–Crippen MR) is 112 cm³/mol. The van der Waals surface area contributed by atoms with Crippen molar-refractivity contribution in [2.75, 3.05) is 5.75 Å². The van der Waals surface area contributed by atoms with Gasteiger partial charge in [0.15, 0.2) is 5.16 Å². The summed E-state index contributed by atoms with van der Waals surface area (Å²) in [5, 5.41) is 1.80. The van der Waals surface area contributed by atoms with Gasteiger partial charge in [0.25, 0.3) is 0 Å². The minimum absolute atomic E-state index is 0.230.